The average Bonchev–Trinajstić information content (AvgIpc) is 2.90. The van der Waals surface area contributed by atoms with E-state index in [-0.39, 0.29) is 25.2 Å². The maximum Gasteiger partial charge on any atom is 0.308 e. The highest BCUT2D eigenvalue weighted by molar-refractivity contribution is 5.94. The van der Waals surface area contributed by atoms with E-state index in [1.807, 2.05) is 13.8 Å². The number of rotatable bonds is 6. The number of ether oxygens (including phenoxy) is 2. The summed E-state index contributed by atoms with van der Waals surface area (Å²) in [5, 5.41) is 9.11. The lowest BCUT2D eigenvalue weighted by Gasteiger charge is -2.25. The topological polar surface area (TPSA) is 76.1 Å². The number of hydrogen-bond donors (Lipinski definition) is 1. The summed E-state index contributed by atoms with van der Waals surface area (Å²) in [5.74, 6) is -0.273. The lowest BCUT2D eigenvalue weighted by molar-refractivity contribution is -0.140. The molecule has 0 saturated carbocycles. The lowest BCUT2D eigenvalue weighted by Crippen LogP contribution is -2.37. The van der Waals surface area contributed by atoms with E-state index in [9.17, 15) is 9.59 Å². The quantitative estimate of drug-likeness (QED) is 0.874. The molecule has 6 heteroatoms. The van der Waals surface area contributed by atoms with E-state index in [0.717, 1.165) is 0 Å². The SMILES string of the molecule is CC(C)CC(=O)N(CC(C)C(=O)O)c1ccc2c(c1)OCO2. The summed E-state index contributed by atoms with van der Waals surface area (Å²) >= 11 is 0. The van der Waals surface area contributed by atoms with Gasteiger partial charge in [-0.2, -0.15) is 0 Å². The standard InChI is InChI=1S/C16H21NO5/c1-10(2)6-15(18)17(8-11(3)16(19)20)12-4-5-13-14(7-12)22-9-21-13/h4-5,7,10-11H,6,8-9H2,1-3H3,(H,19,20). The first-order valence-electron chi connectivity index (χ1n) is 7.31. The Hall–Kier alpha value is -2.24. The highest BCUT2D eigenvalue weighted by atomic mass is 16.7. The maximum absolute atomic E-state index is 12.5. The fourth-order valence-electron chi connectivity index (χ4n) is 2.22. The van der Waals surface area contributed by atoms with Gasteiger partial charge in [-0.25, -0.2) is 0 Å². The Morgan fingerprint density at radius 2 is 1.91 bits per heavy atom. The highest BCUT2D eigenvalue weighted by Gasteiger charge is 2.24. The van der Waals surface area contributed by atoms with Gasteiger partial charge < -0.3 is 19.5 Å². The minimum absolute atomic E-state index is 0.0954. The number of carboxylic acids is 1. The van der Waals surface area contributed by atoms with Crippen LogP contribution in [0.3, 0.4) is 0 Å². The van der Waals surface area contributed by atoms with Crippen molar-refractivity contribution in [2.45, 2.75) is 27.2 Å². The van der Waals surface area contributed by atoms with Gasteiger partial charge in [-0.15, -0.1) is 0 Å². The molecule has 1 aromatic carbocycles. The first-order chi connectivity index (χ1) is 10.4. The average molecular weight is 307 g/mol. The Kier molecular flexibility index (Phi) is 4.90. The molecule has 1 aliphatic heterocycles. The minimum atomic E-state index is -0.928. The van der Waals surface area contributed by atoms with E-state index in [1.54, 1.807) is 25.1 Å². The number of anilines is 1. The van der Waals surface area contributed by atoms with E-state index >= 15 is 0 Å². The number of hydrogen-bond acceptors (Lipinski definition) is 4. The number of fused-ring (bicyclic) bond motifs is 1. The largest absolute Gasteiger partial charge is 0.481 e. The number of carbonyl (C=O) groups excluding carboxylic acids is 1. The van der Waals surface area contributed by atoms with Crippen LogP contribution in [0.4, 0.5) is 5.69 Å². The lowest BCUT2D eigenvalue weighted by atomic mass is 10.1. The van der Waals surface area contributed by atoms with Crippen LogP contribution in [0.2, 0.25) is 0 Å². The van der Waals surface area contributed by atoms with Gasteiger partial charge in [-0.05, 0) is 18.1 Å². The third kappa shape index (κ3) is 3.69. The molecule has 120 valence electrons. The van der Waals surface area contributed by atoms with Crippen LogP contribution in [-0.2, 0) is 9.59 Å². The summed E-state index contributed by atoms with van der Waals surface area (Å²) in [5.41, 5.74) is 0.628. The molecule has 22 heavy (non-hydrogen) atoms. The van der Waals surface area contributed by atoms with Crippen molar-refractivity contribution in [3.63, 3.8) is 0 Å². The first kappa shape index (κ1) is 16.1. The van der Waals surface area contributed by atoms with Crippen LogP contribution in [0, 0.1) is 11.8 Å². The normalized spacial score (nSPS) is 14.0. The Bertz CT molecular complexity index is 570. The molecule has 1 amide bonds. The smallest absolute Gasteiger partial charge is 0.308 e. The fraction of sp³-hybridized carbons (Fsp3) is 0.500. The van der Waals surface area contributed by atoms with E-state index in [4.69, 9.17) is 14.6 Å². The number of nitrogens with zero attached hydrogens (tertiary/aromatic N) is 1. The van der Waals surface area contributed by atoms with Crippen molar-refractivity contribution in [2.75, 3.05) is 18.2 Å². The molecule has 0 bridgehead atoms. The van der Waals surface area contributed by atoms with Crippen LogP contribution in [0.15, 0.2) is 18.2 Å². The number of aliphatic carboxylic acids is 1. The maximum atomic E-state index is 12.5. The second-order valence-electron chi connectivity index (χ2n) is 5.88. The van der Waals surface area contributed by atoms with Gasteiger partial charge >= 0.3 is 5.97 Å². The van der Waals surface area contributed by atoms with Crippen molar-refractivity contribution >= 4 is 17.6 Å². The Balaban J connectivity index is 2.26. The van der Waals surface area contributed by atoms with Crippen molar-refractivity contribution in [1.82, 2.24) is 0 Å². The molecule has 1 N–H and O–H groups in total. The predicted molar refractivity (Wildman–Crippen MR) is 81.2 cm³/mol. The van der Waals surface area contributed by atoms with Crippen LogP contribution >= 0.6 is 0 Å². The number of amides is 1. The molecule has 1 unspecified atom stereocenters. The van der Waals surface area contributed by atoms with E-state index < -0.39 is 11.9 Å². The molecular weight excluding hydrogens is 286 g/mol. The molecule has 2 rings (SSSR count). The molecule has 0 radical (unpaired) electrons. The van der Waals surface area contributed by atoms with Crippen LogP contribution in [-0.4, -0.2) is 30.3 Å². The monoisotopic (exact) mass is 307 g/mol. The van der Waals surface area contributed by atoms with Gasteiger partial charge in [-0.1, -0.05) is 20.8 Å². The molecular formula is C16H21NO5. The summed E-state index contributed by atoms with van der Waals surface area (Å²) in [6.07, 6.45) is 0.362. The first-order valence-corrected chi connectivity index (χ1v) is 7.31. The molecule has 1 aromatic rings. The zero-order chi connectivity index (χ0) is 16.3. The zero-order valence-corrected chi connectivity index (χ0v) is 13.0. The Morgan fingerprint density at radius 3 is 2.55 bits per heavy atom. The van der Waals surface area contributed by atoms with Gasteiger partial charge in [-0.3, -0.25) is 9.59 Å². The van der Waals surface area contributed by atoms with Gasteiger partial charge in [0.1, 0.15) is 0 Å². The number of benzene rings is 1. The Labute approximate surface area is 129 Å². The Morgan fingerprint density at radius 1 is 1.23 bits per heavy atom. The van der Waals surface area contributed by atoms with Crippen LogP contribution in [0.1, 0.15) is 27.2 Å². The van der Waals surface area contributed by atoms with E-state index in [1.165, 1.54) is 4.90 Å². The molecule has 1 atom stereocenters. The summed E-state index contributed by atoms with van der Waals surface area (Å²) < 4.78 is 10.6. The van der Waals surface area contributed by atoms with Gasteiger partial charge in [0, 0.05) is 24.7 Å². The summed E-state index contributed by atoms with van der Waals surface area (Å²) in [6, 6.07) is 5.20. The number of carbonyl (C=O) groups is 2. The molecule has 0 spiro atoms. The van der Waals surface area contributed by atoms with Crippen molar-refractivity contribution < 1.29 is 24.2 Å². The molecule has 0 aromatic heterocycles. The van der Waals surface area contributed by atoms with Crippen LogP contribution in [0.25, 0.3) is 0 Å². The molecule has 1 heterocycles. The third-order valence-electron chi connectivity index (χ3n) is 3.43. The molecule has 0 saturated heterocycles. The molecule has 0 aliphatic carbocycles. The van der Waals surface area contributed by atoms with Crippen molar-refractivity contribution in [2.24, 2.45) is 11.8 Å². The van der Waals surface area contributed by atoms with Crippen molar-refractivity contribution in [3.05, 3.63) is 18.2 Å². The van der Waals surface area contributed by atoms with Crippen molar-refractivity contribution in [3.8, 4) is 11.5 Å². The van der Waals surface area contributed by atoms with E-state index in [2.05, 4.69) is 0 Å². The van der Waals surface area contributed by atoms with Gasteiger partial charge in [0.05, 0.1) is 5.92 Å². The van der Waals surface area contributed by atoms with Crippen LogP contribution < -0.4 is 14.4 Å². The molecule has 6 nitrogen and oxygen atoms in total. The minimum Gasteiger partial charge on any atom is -0.481 e. The second-order valence-corrected chi connectivity index (χ2v) is 5.88. The molecule has 0 fully saturated rings. The second kappa shape index (κ2) is 6.68. The van der Waals surface area contributed by atoms with Gasteiger partial charge in [0.15, 0.2) is 11.5 Å². The van der Waals surface area contributed by atoms with Gasteiger partial charge in [0.25, 0.3) is 0 Å². The predicted octanol–water partition coefficient (Wildman–Crippen LogP) is 2.52. The summed E-state index contributed by atoms with van der Waals surface area (Å²) in [4.78, 5) is 25.1. The zero-order valence-electron chi connectivity index (χ0n) is 13.0. The van der Waals surface area contributed by atoms with Crippen LogP contribution in [0.5, 0.6) is 11.5 Å². The number of carboxylic acid groups (broad SMARTS) is 1. The summed E-state index contributed by atoms with van der Waals surface area (Å²) in [6.45, 7) is 5.78. The van der Waals surface area contributed by atoms with E-state index in [0.29, 0.717) is 23.6 Å². The highest BCUT2D eigenvalue weighted by Crippen LogP contribution is 2.36. The summed E-state index contributed by atoms with van der Waals surface area (Å²) in [7, 11) is 0. The van der Waals surface area contributed by atoms with Gasteiger partial charge in [0.2, 0.25) is 12.7 Å². The third-order valence-corrected chi connectivity index (χ3v) is 3.43. The van der Waals surface area contributed by atoms with Crippen molar-refractivity contribution in [1.29, 1.82) is 0 Å². The fourth-order valence-corrected chi connectivity index (χ4v) is 2.22. The molecule has 1 aliphatic rings.